The van der Waals surface area contributed by atoms with Crippen molar-refractivity contribution in [1.29, 1.82) is 0 Å². The van der Waals surface area contributed by atoms with Gasteiger partial charge in [-0.15, -0.1) is 0 Å². The highest BCUT2D eigenvalue weighted by molar-refractivity contribution is 7.89. The molecule has 0 unspecified atom stereocenters. The quantitative estimate of drug-likeness (QED) is 0.672. The molecule has 2 N–H and O–H groups in total. The summed E-state index contributed by atoms with van der Waals surface area (Å²) in [5.74, 6) is -1.27. The maximum atomic E-state index is 13.1. The number of anilines is 1. The van der Waals surface area contributed by atoms with Crippen LogP contribution in [0, 0.1) is 19.7 Å². The first-order valence-corrected chi connectivity index (χ1v) is 9.80. The molecule has 0 atom stereocenters. The van der Waals surface area contributed by atoms with E-state index in [1.54, 1.807) is 0 Å². The van der Waals surface area contributed by atoms with E-state index in [1.165, 1.54) is 39.1 Å². The zero-order valence-corrected chi connectivity index (χ0v) is 16.5. The van der Waals surface area contributed by atoms with Crippen molar-refractivity contribution in [2.45, 2.75) is 25.2 Å². The number of carbonyl (C=O) groups is 2. The molecule has 1 aromatic carbocycles. The maximum absolute atomic E-state index is 13.1. The molecule has 28 heavy (non-hydrogen) atoms. The van der Waals surface area contributed by atoms with Gasteiger partial charge in [0.05, 0.1) is 6.54 Å². The molecule has 2 rings (SSSR count). The third kappa shape index (κ3) is 5.60. The summed E-state index contributed by atoms with van der Waals surface area (Å²) in [5.41, 5.74) is 0.500. The molecule has 0 saturated heterocycles. The van der Waals surface area contributed by atoms with E-state index in [0.717, 1.165) is 11.0 Å². The van der Waals surface area contributed by atoms with Crippen LogP contribution in [0.15, 0.2) is 33.7 Å². The Balaban J connectivity index is 1.83. The second-order valence-corrected chi connectivity index (χ2v) is 7.81. The van der Waals surface area contributed by atoms with Crippen LogP contribution in [0.2, 0.25) is 0 Å². The van der Waals surface area contributed by atoms with Crippen LogP contribution in [0.1, 0.15) is 17.9 Å². The third-order valence-corrected chi connectivity index (χ3v) is 5.49. The number of amides is 2. The van der Waals surface area contributed by atoms with Crippen molar-refractivity contribution >= 4 is 27.5 Å². The highest BCUT2D eigenvalue weighted by Gasteiger charge is 2.24. The number of rotatable bonds is 8. The van der Waals surface area contributed by atoms with Crippen LogP contribution in [-0.2, 0) is 19.6 Å². The summed E-state index contributed by atoms with van der Waals surface area (Å²) < 4.78 is 44.8. The van der Waals surface area contributed by atoms with Crippen LogP contribution in [0.5, 0.6) is 0 Å². The Morgan fingerprint density at radius 1 is 1.29 bits per heavy atom. The van der Waals surface area contributed by atoms with Crippen LogP contribution >= 0.6 is 0 Å². The summed E-state index contributed by atoms with van der Waals surface area (Å²) in [6.07, 6.45) is -0.146. The molecule has 152 valence electrons. The fourth-order valence-corrected chi connectivity index (χ4v) is 3.84. The van der Waals surface area contributed by atoms with Gasteiger partial charge in [0.15, 0.2) is 5.76 Å². The molecular weight excluding hydrogens is 391 g/mol. The molecule has 0 aliphatic rings. The number of aryl methyl sites for hydroxylation is 2. The molecule has 0 spiro atoms. The van der Waals surface area contributed by atoms with Crippen LogP contribution in [0.25, 0.3) is 0 Å². The Kier molecular flexibility index (Phi) is 6.86. The molecule has 2 amide bonds. The van der Waals surface area contributed by atoms with Gasteiger partial charge in [-0.2, -0.15) is 0 Å². The molecule has 2 aromatic rings. The van der Waals surface area contributed by atoms with Crippen molar-refractivity contribution in [3.63, 3.8) is 0 Å². The Morgan fingerprint density at radius 3 is 2.61 bits per heavy atom. The molecule has 1 aromatic heterocycles. The molecule has 0 radical (unpaired) electrons. The Bertz CT molecular complexity index is 954. The first-order chi connectivity index (χ1) is 13.1. The van der Waals surface area contributed by atoms with Crippen molar-refractivity contribution in [2.24, 2.45) is 0 Å². The lowest BCUT2D eigenvalue weighted by molar-refractivity contribution is -0.133. The first-order valence-electron chi connectivity index (χ1n) is 8.32. The molecule has 0 aliphatic heterocycles. The molecule has 11 heteroatoms. The van der Waals surface area contributed by atoms with Crippen molar-refractivity contribution in [3.05, 3.63) is 41.5 Å². The maximum Gasteiger partial charge on any atom is 0.245 e. The second kappa shape index (κ2) is 8.93. The van der Waals surface area contributed by atoms with Gasteiger partial charge in [0.25, 0.3) is 0 Å². The highest BCUT2D eigenvalue weighted by Crippen LogP contribution is 2.18. The van der Waals surface area contributed by atoms with E-state index < -0.39 is 27.7 Å². The van der Waals surface area contributed by atoms with E-state index in [2.05, 4.69) is 15.2 Å². The van der Waals surface area contributed by atoms with Gasteiger partial charge in [-0.1, -0.05) is 11.2 Å². The number of carbonyl (C=O) groups excluding carboxylic acids is 2. The SMILES string of the molecule is Cc1noc(C)c1S(=O)(=O)NCCC(=O)N(C)CC(=O)Nc1cccc(F)c1. The van der Waals surface area contributed by atoms with Crippen LogP contribution in [-0.4, -0.2) is 50.4 Å². The number of nitrogens with one attached hydrogen (secondary N) is 2. The number of benzene rings is 1. The van der Waals surface area contributed by atoms with Crippen molar-refractivity contribution in [2.75, 3.05) is 25.5 Å². The number of aromatic nitrogens is 1. The molecule has 0 fully saturated rings. The summed E-state index contributed by atoms with van der Waals surface area (Å²) in [7, 11) is -2.45. The molecule has 1 heterocycles. The van der Waals surface area contributed by atoms with E-state index >= 15 is 0 Å². The van der Waals surface area contributed by atoms with Crippen molar-refractivity contribution in [1.82, 2.24) is 14.8 Å². The van der Waals surface area contributed by atoms with Crippen molar-refractivity contribution < 1.29 is 26.9 Å². The minimum absolute atomic E-state index is 0.0530. The van der Waals surface area contributed by atoms with E-state index in [0.29, 0.717) is 0 Å². The van der Waals surface area contributed by atoms with E-state index in [1.807, 2.05) is 0 Å². The Labute approximate surface area is 161 Å². The van der Waals surface area contributed by atoms with E-state index in [4.69, 9.17) is 4.52 Å². The molecular formula is C17H21FN4O5S. The summed E-state index contributed by atoms with van der Waals surface area (Å²) in [6, 6.07) is 5.37. The standard InChI is InChI=1S/C17H21FN4O5S/c1-11-17(12(2)27-21-11)28(25,26)19-8-7-16(24)22(3)10-15(23)20-14-6-4-5-13(18)9-14/h4-6,9,19H,7-8,10H2,1-3H3,(H,20,23). The minimum atomic E-state index is -3.86. The largest absolute Gasteiger partial charge is 0.360 e. The van der Waals surface area contributed by atoms with E-state index in [-0.39, 0.29) is 41.5 Å². The lowest BCUT2D eigenvalue weighted by Crippen LogP contribution is -2.37. The summed E-state index contributed by atoms with van der Waals surface area (Å²) in [5, 5.41) is 6.07. The first kappa shape index (κ1) is 21.5. The Morgan fingerprint density at radius 2 is 2.00 bits per heavy atom. The van der Waals surface area contributed by atoms with E-state index in [9.17, 15) is 22.4 Å². The summed E-state index contributed by atoms with van der Waals surface area (Å²) >= 11 is 0. The molecule has 0 bridgehead atoms. The van der Waals surface area contributed by atoms with Gasteiger partial charge >= 0.3 is 0 Å². The zero-order valence-electron chi connectivity index (χ0n) is 15.7. The monoisotopic (exact) mass is 412 g/mol. The average molecular weight is 412 g/mol. The number of sulfonamides is 1. The van der Waals surface area contributed by atoms with Gasteiger partial charge in [-0.3, -0.25) is 9.59 Å². The highest BCUT2D eigenvalue weighted by atomic mass is 32.2. The lowest BCUT2D eigenvalue weighted by Gasteiger charge is -2.17. The number of halogens is 1. The fraction of sp³-hybridized carbons (Fsp3) is 0.353. The van der Waals surface area contributed by atoms with Gasteiger partial charge < -0.3 is 14.7 Å². The molecule has 0 aliphatic carbocycles. The summed E-state index contributed by atoms with van der Waals surface area (Å²) in [6.45, 7) is 2.57. The third-order valence-electron chi connectivity index (χ3n) is 3.78. The second-order valence-electron chi connectivity index (χ2n) is 6.11. The molecule has 0 saturated carbocycles. The van der Waals surface area contributed by atoms with Gasteiger partial charge in [0.2, 0.25) is 21.8 Å². The van der Waals surface area contributed by atoms with Gasteiger partial charge in [0, 0.05) is 25.7 Å². The number of hydrogen-bond acceptors (Lipinski definition) is 6. The zero-order chi connectivity index (χ0) is 20.9. The number of hydrogen-bond donors (Lipinski definition) is 2. The minimum Gasteiger partial charge on any atom is -0.360 e. The van der Waals surface area contributed by atoms with Crippen LogP contribution < -0.4 is 10.0 Å². The average Bonchev–Trinajstić information content (AvgIpc) is 2.93. The van der Waals surface area contributed by atoms with Crippen LogP contribution in [0.3, 0.4) is 0 Å². The fourth-order valence-electron chi connectivity index (χ4n) is 2.48. The smallest absolute Gasteiger partial charge is 0.245 e. The van der Waals surface area contributed by atoms with Gasteiger partial charge in [0.1, 0.15) is 16.4 Å². The predicted molar refractivity (Wildman–Crippen MR) is 98.4 cm³/mol. The predicted octanol–water partition coefficient (Wildman–Crippen LogP) is 1.20. The topological polar surface area (TPSA) is 122 Å². The molecule has 9 nitrogen and oxygen atoms in total. The normalized spacial score (nSPS) is 11.3. The number of likely N-dealkylation sites (N-methyl/N-ethyl adjacent to an activating group) is 1. The van der Waals surface area contributed by atoms with Crippen LogP contribution in [0.4, 0.5) is 10.1 Å². The van der Waals surface area contributed by atoms with Gasteiger partial charge in [-0.25, -0.2) is 17.5 Å². The number of nitrogens with zero attached hydrogens (tertiary/aromatic N) is 2. The lowest BCUT2D eigenvalue weighted by atomic mass is 10.3. The van der Waals surface area contributed by atoms with Gasteiger partial charge in [-0.05, 0) is 32.0 Å². The summed E-state index contributed by atoms with van der Waals surface area (Å²) in [4.78, 5) is 25.2. The Hall–Kier alpha value is -2.79. The van der Waals surface area contributed by atoms with Crippen molar-refractivity contribution in [3.8, 4) is 0 Å².